The number of halogens is 3. The number of aliphatic carboxylic acids is 1. The summed E-state index contributed by atoms with van der Waals surface area (Å²) in [5.74, 6) is -3.38. The molecule has 0 bridgehead atoms. The fourth-order valence-corrected chi connectivity index (χ4v) is 6.84. The zero-order valence-electron chi connectivity index (χ0n) is 24.1. The Morgan fingerprint density at radius 2 is 1.86 bits per heavy atom. The topological polar surface area (TPSA) is 117 Å². The highest BCUT2D eigenvalue weighted by atomic mass is 35.5. The van der Waals surface area contributed by atoms with Crippen LogP contribution in [0.1, 0.15) is 49.8 Å². The average Bonchev–Trinajstić information content (AvgIpc) is 3.39. The van der Waals surface area contributed by atoms with Gasteiger partial charge in [0.2, 0.25) is 11.8 Å². The van der Waals surface area contributed by atoms with Crippen molar-refractivity contribution in [2.75, 3.05) is 17.7 Å². The minimum absolute atomic E-state index is 0.123. The lowest BCUT2D eigenvalue weighted by atomic mass is 9.62. The second kappa shape index (κ2) is 11.4. The van der Waals surface area contributed by atoms with Crippen LogP contribution in [-0.2, 0) is 26.2 Å². The minimum Gasteiger partial charge on any atom is -0.495 e. The van der Waals surface area contributed by atoms with Gasteiger partial charge in [0.1, 0.15) is 17.0 Å². The van der Waals surface area contributed by atoms with E-state index in [9.17, 15) is 19.5 Å². The second-order valence-electron chi connectivity index (χ2n) is 12.2. The van der Waals surface area contributed by atoms with E-state index in [2.05, 4.69) is 16.0 Å². The highest BCUT2D eigenvalue weighted by Gasteiger charge is 2.66. The van der Waals surface area contributed by atoms with Crippen molar-refractivity contribution in [3.8, 4) is 5.75 Å². The first-order chi connectivity index (χ1) is 20.3. The largest absolute Gasteiger partial charge is 0.495 e. The van der Waals surface area contributed by atoms with Crippen LogP contribution in [0.15, 0.2) is 54.6 Å². The van der Waals surface area contributed by atoms with Gasteiger partial charge in [-0.15, -0.1) is 0 Å². The van der Waals surface area contributed by atoms with Crippen LogP contribution in [0.5, 0.6) is 5.75 Å². The van der Waals surface area contributed by atoms with Crippen LogP contribution < -0.4 is 20.7 Å². The van der Waals surface area contributed by atoms with E-state index in [1.165, 1.54) is 19.2 Å². The van der Waals surface area contributed by atoms with Crippen LogP contribution >= 0.6 is 23.2 Å². The summed E-state index contributed by atoms with van der Waals surface area (Å²) in [4.78, 5) is 39.7. The molecule has 11 heteroatoms. The minimum atomic E-state index is -1.39. The number of amides is 2. The van der Waals surface area contributed by atoms with Gasteiger partial charge in [-0.1, -0.05) is 68.2 Å². The monoisotopic (exact) mass is 627 g/mol. The average molecular weight is 629 g/mol. The van der Waals surface area contributed by atoms with Crippen molar-refractivity contribution in [1.82, 2.24) is 5.32 Å². The number of hydrogen-bond donors (Lipinski definition) is 4. The number of rotatable bonds is 7. The third-order valence-corrected chi connectivity index (χ3v) is 8.63. The normalized spacial score (nSPS) is 22.8. The SMILES string of the molecule is COc1cc(CC(=O)O)ccc1NC(=O)C1NC(CC(C)(C)C)C2(C(=O)Nc3cc(Cl)ccc32)C1c1cccc(Cl)c1F. The van der Waals surface area contributed by atoms with Gasteiger partial charge in [-0.3, -0.25) is 14.4 Å². The third-order valence-electron chi connectivity index (χ3n) is 8.10. The van der Waals surface area contributed by atoms with Crippen molar-refractivity contribution >= 4 is 52.4 Å². The van der Waals surface area contributed by atoms with Crippen LogP contribution in [0, 0.1) is 11.2 Å². The first-order valence-corrected chi connectivity index (χ1v) is 14.5. The number of nitrogens with one attached hydrogen (secondary N) is 3. The molecule has 4 N–H and O–H groups in total. The zero-order valence-corrected chi connectivity index (χ0v) is 25.6. The molecule has 0 aliphatic carbocycles. The van der Waals surface area contributed by atoms with E-state index in [0.29, 0.717) is 33.9 Å². The molecule has 43 heavy (non-hydrogen) atoms. The van der Waals surface area contributed by atoms with Crippen LogP contribution in [0.3, 0.4) is 0 Å². The van der Waals surface area contributed by atoms with E-state index in [-0.39, 0.29) is 34.1 Å². The quantitative estimate of drug-likeness (QED) is 0.249. The molecule has 2 heterocycles. The lowest BCUT2D eigenvalue weighted by molar-refractivity contribution is -0.136. The summed E-state index contributed by atoms with van der Waals surface area (Å²) < 4.78 is 21.4. The lowest BCUT2D eigenvalue weighted by Crippen LogP contribution is -2.49. The van der Waals surface area contributed by atoms with Gasteiger partial charge in [-0.2, -0.15) is 0 Å². The van der Waals surface area contributed by atoms with Crippen LogP contribution in [-0.4, -0.2) is 42.1 Å². The number of carboxylic acids is 1. The molecule has 3 aromatic rings. The lowest BCUT2D eigenvalue weighted by Gasteiger charge is -2.37. The summed E-state index contributed by atoms with van der Waals surface area (Å²) in [7, 11) is 1.41. The van der Waals surface area contributed by atoms with E-state index in [4.69, 9.17) is 27.9 Å². The van der Waals surface area contributed by atoms with E-state index in [1.807, 2.05) is 20.8 Å². The summed E-state index contributed by atoms with van der Waals surface area (Å²) in [5.41, 5.74) is 0.342. The van der Waals surface area contributed by atoms with E-state index >= 15 is 4.39 Å². The molecule has 2 amide bonds. The standard InChI is InChI=1S/C32H32Cl2FN3O5/c1-31(2,3)15-24-32(19-10-9-17(33)14-22(19)37-30(32)42)26(18-6-5-7-20(34)27(18)35)28(38-24)29(41)36-21-11-8-16(13-25(39)40)12-23(21)43-4/h5-12,14,24,26,28,38H,13,15H2,1-4H3,(H,36,41)(H,37,42)(H,39,40). The molecular weight excluding hydrogens is 596 g/mol. The number of ether oxygens (including phenoxy) is 1. The maximum Gasteiger partial charge on any atom is 0.307 e. The summed E-state index contributed by atoms with van der Waals surface area (Å²) >= 11 is 12.6. The van der Waals surface area contributed by atoms with Gasteiger partial charge in [0.05, 0.1) is 30.3 Å². The molecule has 1 spiro atoms. The number of fused-ring (bicyclic) bond motifs is 2. The molecule has 4 unspecified atom stereocenters. The zero-order chi connectivity index (χ0) is 31.3. The highest BCUT2D eigenvalue weighted by Crippen LogP contribution is 2.57. The summed E-state index contributed by atoms with van der Waals surface area (Å²) in [6.07, 6.45) is 0.249. The Kier molecular flexibility index (Phi) is 8.19. The smallest absolute Gasteiger partial charge is 0.307 e. The Balaban J connectivity index is 1.67. The number of anilines is 2. The molecule has 1 saturated heterocycles. The first-order valence-electron chi connectivity index (χ1n) is 13.8. The fraction of sp³-hybridized carbons (Fsp3) is 0.344. The van der Waals surface area contributed by atoms with Gasteiger partial charge >= 0.3 is 5.97 Å². The predicted octanol–water partition coefficient (Wildman–Crippen LogP) is 6.16. The van der Waals surface area contributed by atoms with E-state index < -0.39 is 41.1 Å². The molecule has 0 radical (unpaired) electrons. The molecule has 5 rings (SSSR count). The Morgan fingerprint density at radius 3 is 2.53 bits per heavy atom. The first kappa shape index (κ1) is 30.8. The van der Waals surface area contributed by atoms with Gasteiger partial charge in [-0.05, 0) is 58.9 Å². The molecule has 0 saturated carbocycles. The second-order valence-corrected chi connectivity index (χ2v) is 13.0. The van der Waals surface area contributed by atoms with Crippen molar-refractivity contribution in [3.63, 3.8) is 0 Å². The number of benzene rings is 3. The van der Waals surface area contributed by atoms with Gasteiger partial charge in [0, 0.05) is 22.7 Å². The molecule has 1 fully saturated rings. The summed E-state index contributed by atoms with van der Waals surface area (Å²) in [5, 5.41) is 18.7. The van der Waals surface area contributed by atoms with Gasteiger partial charge in [0.25, 0.3) is 0 Å². The van der Waals surface area contributed by atoms with Gasteiger partial charge < -0.3 is 25.8 Å². The van der Waals surface area contributed by atoms with Gasteiger partial charge in [-0.25, -0.2) is 4.39 Å². The van der Waals surface area contributed by atoms with Gasteiger partial charge in [0.15, 0.2) is 0 Å². The van der Waals surface area contributed by atoms with Crippen LogP contribution in [0.25, 0.3) is 0 Å². The van der Waals surface area contributed by atoms with E-state index in [1.54, 1.807) is 42.5 Å². The van der Waals surface area contributed by atoms with Crippen molar-refractivity contribution in [2.24, 2.45) is 5.41 Å². The molecule has 3 aromatic carbocycles. The fourth-order valence-electron chi connectivity index (χ4n) is 6.49. The maximum atomic E-state index is 15.9. The number of carboxylic acid groups (broad SMARTS) is 1. The molecule has 4 atom stereocenters. The van der Waals surface area contributed by atoms with Crippen molar-refractivity contribution < 1.29 is 28.6 Å². The number of carbonyl (C=O) groups excluding carboxylic acids is 2. The Labute approximate surface area is 258 Å². The number of carbonyl (C=O) groups is 3. The summed E-state index contributed by atoms with van der Waals surface area (Å²) in [6.45, 7) is 6.10. The van der Waals surface area contributed by atoms with Crippen molar-refractivity contribution in [2.45, 2.75) is 57.0 Å². The molecule has 0 aromatic heterocycles. The van der Waals surface area contributed by atoms with E-state index in [0.717, 1.165) is 0 Å². The Bertz CT molecular complexity index is 1620. The Morgan fingerprint density at radius 1 is 1.12 bits per heavy atom. The third kappa shape index (κ3) is 5.57. The molecule has 226 valence electrons. The predicted molar refractivity (Wildman–Crippen MR) is 164 cm³/mol. The number of hydrogen-bond acceptors (Lipinski definition) is 5. The maximum absolute atomic E-state index is 15.9. The van der Waals surface area contributed by atoms with Crippen LogP contribution in [0.4, 0.5) is 15.8 Å². The molecule has 8 nitrogen and oxygen atoms in total. The molecular formula is C32H32Cl2FN3O5. The molecule has 2 aliphatic rings. The summed E-state index contributed by atoms with van der Waals surface area (Å²) in [6, 6.07) is 12.7. The Hall–Kier alpha value is -3.66. The highest BCUT2D eigenvalue weighted by molar-refractivity contribution is 6.31. The van der Waals surface area contributed by atoms with Crippen LogP contribution in [0.2, 0.25) is 10.0 Å². The van der Waals surface area contributed by atoms with Crippen molar-refractivity contribution in [3.05, 3.63) is 87.2 Å². The van der Waals surface area contributed by atoms with Crippen molar-refractivity contribution in [1.29, 1.82) is 0 Å². The molecule has 2 aliphatic heterocycles. The number of methoxy groups -OCH3 is 1.